The fraction of sp³-hybridized carbons (Fsp3) is 0.381. The average molecular weight is 346 g/mol. The zero-order valence-corrected chi connectivity index (χ0v) is 15.9. The largest absolute Gasteiger partial charge is 0.508 e. The zero-order chi connectivity index (χ0) is 19.1. The maximum atomic E-state index is 11.3. The number of esters is 1. The third kappa shape index (κ3) is 9.40. The van der Waals surface area contributed by atoms with Crippen molar-refractivity contribution in [2.75, 3.05) is 6.61 Å². The van der Waals surface area contributed by atoms with Gasteiger partial charge in [-0.3, -0.25) is 4.79 Å². The van der Waals surface area contributed by atoms with Crippen molar-refractivity contribution in [2.45, 2.75) is 47.5 Å². The van der Waals surface area contributed by atoms with Gasteiger partial charge in [-0.05, 0) is 43.2 Å². The van der Waals surface area contributed by atoms with Gasteiger partial charge >= 0.3 is 5.97 Å². The highest BCUT2D eigenvalue weighted by Crippen LogP contribution is 2.24. The normalized spacial score (nSPS) is 9.00. The average Bonchev–Trinajstić information content (AvgIpc) is 2.65. The highest BCUT2D eigenvalue weighted by molar-refractivity contribution is 5.69. The minimum atomic E-state index is -0.183. The Hall–Kier alpha value is -2.49. The Bertz CT molecular complexity index is 591. The van der Waals surface area contributed by atoms with Gasteiger partial charge < -0.3 is 14.6 Å². The van der Waals surface area contributed by atoms with Crippen molar-refractivity contribution in [1.82, 2.24) is 0 Å². The summed E-state index contributed by atoms with van der Waals surface area (Å²) in [6, 6.07) is 14.1. The summed E-state index contributed by atoms with van der Waals surface area (Å²) >= 11 is 0. The van der Waals surface area contributed by atoms with Crippen LogP contribution in [0.4, 0.5) is 0 Å². The summed E-state index contributed by atoms with van der Waals surface area (Å²) in [7, 11) is 0. The number of hydrogen-bond donors (Lipinski definition) is 1. The first-order valence-corrected chi connectivity index (χ1v) is 8.89. The van der Waals surface area contributed by atoms with Crippen molar-refractivity contribution in [3.05, 3.63) is 54.1 Å². The van der Waals surface area contributed by atoms with Crippen LogP contribution in [-0.2, 0) is 16.0 Å². The summed E-state index contributed by atoms with van der Waals surface area (Å²) in [4.78, 5) is 11.3. The molecule has 0 saturated heterocycles. The molecule has 0 unspecified atom stereocenters. The van der Waals surface area contributed by atoms with Gasteiger partial charge in [-0.25, -0.2) is 0 Å². The van der Waals surface area contributed by atoms with E-state index in [-0.39, 0.29) is 11.7 Å². The SMILES string of the molecule is CC.CC.CCOC(=O)CCc1ccc(Oc2cccc(O)c2)cc1. The van der Waals surface area contributed by atoms with Gasteiger partial charge in [-0.2, -0.15) is 0 Å². The lowest BCUT2D eigenvalue weighted by Crippen LogP contribution is -2.05. The lowest BCUT2D eigenvalue weighted by Gasteiger charge is -2.07. The van der Waals surface area contributed by atoms with Crippen LogP contribution >= 0.6 is 0 Å². The van der Waals surface area contributed by atoms with E-state index in [1.165, 1.54) is 0 Å². The van der Waals surface area contributed by atoms with E-state index < -0.39 is 0 Å². The van der Waals surface area contributed by atoms with Crippen LogP contribution < -0.4 is 4.74 Å². The molecular formula is C21H30O4. The number of carbonyl (C=O) groups excluding carboxylic acids is 1. The Morgan fingerprint density at radius 3 is 2.16 bits per heavy atom. The van der Waals surface area contributed by atoms with E-state index in [9.17, 15) is 9.90 Å². The summed E-state index contributed by atoms with van der Waals surface area (Å²) in [6.45, 7) is 10.2. The fourth-order valence-electron chi connectivity index (χ4n) is 1.89. The Balaban J connectivity index is 0.00000134. The molecule has 4 heteroatoms. The van der Waals surface area contributed by atoms with Crippen molar-refractivity contribution in [3.8, 4) is 17.2 Å². The van der Waals surface area contributed by atoms with Crippen molar-refractivity contribution in [3.63, 3.8) is 0 Å². The number of phenolic OH excluding ortho intramolecular Hbond substituents is 1. The molecule has 2 rings (SSSR count). The van der Waals surface area contributed by atoms with E-state index in [2.05, 4.69) is 0 Å². The minimum Gasteiger partial charge on any atom is -0.508 e. The molecule has 0 spiro atoms. The lowest BCUT2D eigenvalue weighted by atomic mass is 10.1. The Kier molecular flexibility index (Phi) is 12.5. The molecule has 0 aliphatic heterocycles. The molecule has 0 aliphatic rings. The van der Waals surface area contributed by atoms with Crippen LogP contribution in [0.2, 0.25) is 0 Å². The van der Waals surface area contributed by atoms with E-state index in [1.807, 2.05) is 52.0 Å². The molecule has 0 atom stereocenters. The summed E-state index contributed by atoms with van der Waals surface area (Å²) in [5.74, 6) is 1.24. The van der Waals surface area contributed by atoms with Crippen LogP contribution in [0.3, 0.4) is 0 Å². The third-order valence-corrected chi connectivity index (χ3v) is 2.90. The fourth-order valence-corrected chi connectivity index (χ4v) is 1.89. The second-order valence-corrected chi connectivity index (χ2v) is 4.55. The minimum absolute atomic E-state index is 0.165. The topological polar surface area (TPSA) is 55.8 Å². The van der Waals surface area contributed by atoms with Crippen molar-refractivity contribution in [2.24, 2.45) is 0 Å². The predicted molar refractivity (Wildman–Crippen MR) is 102 cm³/mol. The van der Waals surface area contributed by atoms with Gasteiger partial charge in [0.05, 0.1) is 6.61 Å². The lowest BCUT2D eigenvalue weighted by molar-refractivity contribution is -0.143. The van der Waals surface area contributed by atoms with Gasteiger partial charge in [0.15, 0.2) is 0 Å². The van der Waals surface area contributed by atoms with Gasteiger partial charge in [0.1, 0.15) is 17.2 Å². The van der Waals surface area contributed by atoms with E-state index in [4.69, 9.17) is 9.47 Å². The molecular weight excluding hydrogens is 316 g/mol. The quantitative estimate of drug-likeness (QED) is 0.678. The highest BCUT2D eigenvalue weighted by Gasteiger charge is 2.03. The molecule has 0 aliphatic carbocycles. The van der Waals surface area contributed by atoms with E-state index >= 15 is 0 Å². The summed E-state index contributed by atoms with van der Waals surface area (Å²) in [6.07, 6.45) is 1.02. The standard InChI is InChI=1S/C17H18O4.2C2H6/c1-2-20-17(19)11-8-13-6-9-15(10-7-13)21-16-5-3-4-14(18)12-16;2*1-2/h3-7,9-10,12,18H,2,8,11H2,1H3;2*1-2H3. The number of aromatic hydroxyl groups is 1. The maximum absolute atomic E-state index is 11.3. The van der Waals surface area contributed by atoms with Gasteiger partial charge in [0, 0.05) is 12.5 Å². The number of benzene rings is 2. The van der Waals surface area contributed by atoms with Crippen LogP contribution in [0.25, 0.3) is 0 Å². The van der Waals surface area contributed by atoms with Crippen LogP contribution in [0, 0.1) is 0 Å². The monoisotopic (exact) mass is 346 g/mol. The van der Waals surface area contributed by atoms with Crippen LogP contribution in [0.1, 0.15) is 46.6 Å². The highest BCUT2D eigenvalue weighted by atomic mass is 16.5. The van der Waals surface area contributed by atoms with E-state index in [0.29, 0.717) is 30.9 Å². The number of rotatable bonds is 6. The number of phenols is 1. The molecule has 0 bridgehead atoms. The molecule has 1 N–H and O–H groups in total. The van der Waals surface area contributed by atoms with Crippen molar-refractivity contribution in [1.29, 1.82) is 0 Å². The van der Waals surface area contributed by atoms with Crippen LogP contribution in [0.5, 0.6) is 17.2 Å². The van der Waals surface area contributed by atoms with Crippen LogP contribution in [-0.4, -0.2) is 17.7 Å². The molecule has 0 saturated carbocycles. The first-order chi connectivity index (χ1) is 12.2. The number of ether oxygens (including phenoxy) is 2. The molecule has 0 amide bonds. The number of carbonyl (C=O) groups is 1. The Labute approximate surface area is 151 Å². The first kappa shape index (κ1) is 22.5. The van der Waals surface area contributed by atoms with Crippen molar-refractivity contribution < 1.29 is 19.4 Å². The van der Waals surface area contributed by atoms with E-state index in [1.54, 1.807) is 31.2 Å². The van der Waals surface area contributed by atoms with Gasteiger partial charge in [-0.1, -0.05) is 45.9 Å². The number of hydrogen-bond acceptors (Lipinski definition) is 4. The molecule has 0 aromatic heterocycles. The second-order valence-electron chi connectivity index (χ2n) is 4.55. The predicted octanol–water partition coefficient (Wildman–Crippen LogP) is 5.73. The molecule has 138 valence electrons. The van der Waals surface area contributed by atoms with E-state index in [0.717, 1.165) is 5.56 Å². The van der Waals surface area contributed by atoms with Crippen LogP contribution in [0.15, 0.2) is 48.5 Å². The maximum Gasteiger partial charge on any atom is 0.306 e. The zero-order valence-electron chi connectivity index (χ0n) is 15.9. The Morgan fingerprint density at radius 2 is 1.60 bits per heavy atom. The second kappa shape index (κ2) is 13.9. The first-order valence-electron chi connectivity index (χ1n) is 8.89. The number of aryl methyl sites for hydroxylation is 1. The van der Waals surface area contributed by atoms with Crippen molar-refractivity contribution >= 4 is 5.97 Å². The summed E-state index contributed by atoms with van der Waals surface area (Å²) in [5, 5.41) is 9.38. The van der Waals surface area contributed by atoms with Gasteiger partial charge in [0.25, 0.3) is 0 Å². The summed E-state index contributed by atoms with van der Waals surface area (Å²) < 4.78 is 10.5. The molecule has 0 fully saturated rings. The summed E-state index contributed by atoms with van der Waals surface area (Å²) in [5.41, 5.74) is 1.05. The van der Waals surface area contributed by atoms with Gasteiger partial charge in [0.2, 0.25) is 0 Å². The Morgan fingerprint density at radius 1 is 0.960 bits per heavy atom. The molecule has 25 heavy (non-hydrogen) atoms. The molecule has 0 radical (unpaired) electrons. The molecule has 0 heterocycles. The smallest absolute Gasteiger partial charge is 0.306 e. The van der Waals surface area contributed by atoms with Gasteiger partial charge in [-0.15, -0.1) is 0 Å². The molecule has 4 nitrogen and oxygen atoms in total. The molecule has 2 aromatic rings. The molecule has 2 aromatic carbocycles. The third-order valence-electron chi connectivity index (χ3n) is 2.90.